The quantitative estimate of drug-likeness (QED) is 0.376. The molecule has 4 rings (SSSR count). The van der Waals surface area contributed by atoms with Gasteiger partial charge in [-0.05, 0) is 42.0 Å². The standard InChI is InChI=1S/C24H19ClN2O4/c1-27(2)16-9-7-13(8-10-16)17-11-18-20(12-19(17)25)26-23(29)21(18)22(28)14-3-5-15(6-4-14)24(30)31/h3-12,26,29H,1-2H3,(H,30,31). The lowest BCUT2D eigenvalue weighted by Crippen LogP contribution is -2.07. The Hall–Kier alpha value is -3.77. The highest BCUT2D eigenvalue weighted by Gasteiger charge is 2.22. The average Bonchev–Trinajstić information content (AvgIpc) is 3.07. The molecule has 0 spiro atoms. The smallest absolute Gasteiger partial charge is 0.335 e. The number of anilines is 1. The van der Waals surface area contributed by atoms with Gasteiger partial charge < -0.3 is 20.1 Å². The van der Waals surface area contributed by atoms with Crippen LogP contribution in [0.5, 0.6) is 5.88 Å². The highest BCUT2D eigenvalue weighted by atomic mass is 35.5. The summed E-state index contributed by atoms with van der Waals surface area (Å²) in [6, 6.07) is 16.9. The third-order valence-electron chi connectivity index (χ3n) is 5.18. The zero-order valence-electron chi connectivity index (χ0n) is 16.8. The van der Waals surface area contributed by atoms with E-state index in [0.29, 0.717) is 15.9 Å². The average molecular weight is 435 g/mol. The summed E-state index contributed by atoms with van der Waals surface area (Å²) in [6.45, 7) is 0. The summed E-state index contributed by atoms with van der Waals surface area (Å²) in [5.41, 5.74) is 3.64. The number of hydrogen-bond acceptors (Lipinski definition) is 4. The fraction of sp³-hybridized carbons (Fsp3) is 0.0833. The summed E-state index contributed by atoms with van der Waals surface area (Å²) >= 11 is 6.49. The minimum Gasteiger partial charge on any atom is -0.494 e. The SMILES string of the molecule is CN(C)c1ccc(-c2cc3c(C(=O)c4ccc(C(=O)O)cc4)c(O)[nH]c3cc2Cl)cc1. The van der Waals surface area contributed by atoms with Gasteiger partial charge in [-0.15, -0.1) is 0 Å². The number of halogens is 1. The topological polar surface area (TPSA) is 93.6 Å². The molecular weight excluding hydrogens is 416 g/mol. The minimum atomic E-state index is -1.08. The van der Waals surface area contributed by atoms with Crippen LogP contribution in [0.15, 0.2) is 60.7 Å². The van der Waals surface area contributed by atoms with Crippen molar-refractivity contribution in [3.8, 4) is 17.0 Å². The maximum absolute atomic E-state index is 13.1. The van der Waals surface area contributed by atoms with Gasteiger partial charge in [-0.25, -0.2) is 4.79 Å². The molecule has 6 nitrogen and oxygen atoms in total. The van der Waals surface area contributed by atoms with Crippen LogP contribution in [0, 0.1) is 0 Å². The molecule has 0 bridgehead atoms. The third-order valence-corrected chi connectivity index (χ3v) is 5.49. The predicted molar refractivity (Wildman–Crippen MR) is 122 cm³/mol. The van der Waals surface area contributed by atoms with Crippen molar-refractivity contribution in [2.24, 2.45) is 0 Å². The van der Waals surface area contributed by atoms with E-state index in [4.69, 9.17) is 16.7 Å². The first-order valence-electron chi connectivity index (χ1n) is 9.46. The van der Waals surface area contributed by atoms with Gasteiger partial charge in [0.1, 0.15) is 0 Å². The van der Waals surface area contributed by atoms with Crippen LogP contribution in [0.3, 0.4) is 0 Å². The van der Waals surface area contributed by atoms with Crippen molar-refractivity contribution in [3.05, 3.63) is 82.4 Å². The van der Waals surface area contributed by atoms with Gasteiger partial charge in [-0.1, -0.05) is 35.9 Å². The number of nitrogens with one attached hydrogen (secondary N) is 1. The predicted octanol–water partition coefficient (Wildman–Crippen LogP) is 5.19. The van der Waals surface area contributed by atoms with E-state index in [2.05, 4.69) is 4.98 Å². The van der Waals surface area contributed by atoms with Gasteiger partial charge in [0.15, 0.2) is 5.78 Å². The molecule has 7 heteroatoms. The summed E-state index contributed by atoms with van der Waals surface area (Å²) in [4.78, 5) is 29.0. The van der Waals surface area contributed by atoms with E-state index in [1.54, 1.807) is 12.1 Å². The van der Waals surface area contributed by atoms with E-state index in [1.165, 1.54) is 24.3 Å². The second-order valence-electron chi connectivity index (χ2n) is 7.38. The number of aromatic hydroxyl groups is 1. The lowest BCUT2D eigenvalue weighted by molar-refractivity contribution is 0.0696. The Morgan fingerprint density at radius 1 is 0.935 bits per heavy atom. The van der Waals surface area contributed by atoms with Crippen molar-refractivity contribution >= 4 is 39.9 Å². The summed E-state index contributed by atoms with van der Waals surface area (Å²) in [5.74, 6) is -1.76. The fourth-order valence-electron chi connectivity index (χ4n) is 3.50. The molecule has 156 valence electrons. The van der Waals surface area contributed by atoms with Gasteiger partial charge in [-0.3, -0.25) is 4.79 Å². The van der Waals surface area contributed by atoms with E-state index >= 15 is 0 Å². The Kier molecular flexibility index (Phi) is 5.17. The Labute approximate surface area is 183 Å². The van der Waals surface area contributed by atoms with Gasteiger partial charge >= 0.3 is 5.97 Å². The molecule has 1 heterocycles. The normalized spacial score (nSPS) is 10.9. The van der Waals surface area contributed by atoms with Crippen LogP contribution in [0.2, 0.25) is 5.02 Å². The molecule has 3 N–H and O–H groups in total. The number of aromatic nitrogens is 1. The van der Waals surface area contributed by atoms with Crippen LogP contribution >= 0.6 is 11.6 Å². The van der Waals surface area contributed by atoms with Crippen LogP contribution in [0.4, 0.5) is 5.69 Å². The second kappa shape index (κ2) is 7.81. The monoisotopic (exact) mass is 434 g/mol. The largest absolute Gasteiger partial charge is 0.494 e. The summed E-state index contributed by atoms with van der Waals surface area (Å²) in [6.07, 6.45) is 0. The molecule has 0 fully saturated rings. The van der Waals surface area contributed by atoms with E-state index in [-0.39, 0.29) is 22.6 Å². The molecule has 0 aliphatic carbocycles. The minimum absolute atomic E-state index is 0.0786. The third kappa shape index (κ3) is 3.73. The molecule has 4 aromatic rings. The van der Waals surface area contributed by atoms with Gasteiger partial charge in [0.2, 0.25) is 5.88 Å². The number of carbonyl (C=O) groups excluding carboxylic acids is 1. The number of ketones is 1. The van der Waals surface area contributed by atoms with Gasteiger partial charge in [0, 0.05) is 36.3 Å². The number of hydrogen-bond donors (Lipinski definition) is 3. The first kappa shape index (κ1) is 20.5. The van der Waals surface area contributed by atoms with E-state index < -0.39 is 11.8 Å². The maximum atomic E-state index is 13.1. The van der Waals surface area contributed by atoms with Crippen molar-refractivity contribution in [2.45, 2.75) is 0 Å². The molecule has 0 radical (unpaired) electrons. The van der Waals surface area contributed by atoms with Crippen molar-refractivity contribution < 1.29 is 19.8 Å². The van der Waals surface area contributed by atoms with Crippen molar-refractivity contribution in [3.63, 3.8) is 0 Å². The van der Waals surface area contributed by atoms with Gasteiger partial charge in [0.25, 0.3) is 0 Å². The zero-order valence-corrected chi connectivity index (χ0v) is 17.6. The number of benzene rings is 3. The molecule has 0 unspecified atom stereocenters. The van der Waals surface area contributed by atoms with Crippen LogP contribution < -0.4 is 4.90 Å². The van der Waals surface area contributed by atoms with E-state index in [0.717, 1.165) is 16.8 Å². The highest BCUT2D eigenvalue weighted by molar-refractivity contribution is 6.34. The molecule has 0 aliphatic rings. The number of fused-ring (bicyclic) bond motifs is 1. The van der Waals surface area contributed by atoms with Crippen molar-refractivity contribution in [2.75, 3.05) is 19.0 Å². The number of carboxylic acids is 1. The van der Waals surface area contributed by atoms with Crippen LogP contribution in [-0.4, -0.2) is 41.0 Å². The Balaban J connectivity index is 1.81. The lowest BCUT2D eigenvalue weighted by atomic mass is 9.98. The molecule has 0 aliphatic heterocycles. The second-order valence-corrected chi connectivity index (χ2v) is 7.79. The lowest BCUT2D eigenvalue weighted by Gasteiger charge is -2.13. The molecule has 3 aromatic carbocycles. The fourth-order valence-corrected chi connectivity index (χ4v) is 3.77. The van der Waals surface area contributed by atoms with Crippen LogP contribution in [0.25, 0.3) is 22.0 Å². The van der Waals surface area contributed by atoms with Gasteiger partial charge in [0.05, 0.1) is 21.7 Å². The molecule has 0 atom stereocenters. The molecule has 1 aromatic heterocycles. The van der Waals surface area contributed by atoms with E-state index in [9.17, 15) is 14.7 Å². The van der Waals surface area contributed by atoms with Crippen molar-refractivity contribution in [1.29, 1.82) is 0 Å². The summed E-state index contributed by atoms with van der Waals surface area (Å²) < 4.78 is 0. The number of aromatic amines is 1. The van der Waals surface area contributed by atoms with Crippen molar-refractivity contribution in [1.82, 2.24) is 4.98 Å². The Bertz CT molecular complexity index is 1310. The molecule has 31 heavy (non-hydrogen) atoms. The number of rotatable bonds is 5. The van der Waals surface area contributed by atoms with E-state index in [1.807, 2.05) is 43.3 Å². The van der Waals surface area contributed by atoms with Gasteiger partial charge in [-0.2, -0.15) is 0 Å². The molecular formula is C24H19ClN2O4. The first-order chi connectivity index (χ1) is 14.8. The molecule has 0 saturated carbocycles. The van der Waals surface area contributed by atoms with Crippen LogP contribution in [0.1, 0.15) is 26.3 Å². The Morgan fingerprint density at radius 2 is 1.55 bits per heavy atom. The number of H-pyrrole nitrogens is 1. The highest BCUT2D eigenvalue weighted by Crippen LogP contribution is 2.37. The number of aromatic carboxylic acids is 1. The first-order valence-corrected chi connectivity index (χ1v) is 9.84. The number of nitrogens with zero attached hydrogens (tertiary/aromatic N) is 1. The number of carboxylic acid groups (broad SMARTS) is 1. The maximum Gasteiger partial charge on any atom is 0.335 e. The summed E-state index contributed by atoms with van der Waals surface area (Å²) in [7, 11) is 3.91. The molecule has 0 amide bonds. The van der Waals surface area contributed by atoms with Crippen LogP contribution in [-0.2, 0) is 0 Å². The molecule has 0 saturated heterocycles. The summed E-state index contributed by atoms with van der Waals surface area (Å²) in [5, 5.41) is 20.5. The Morgan fingerprint density at radius 3 is 2.13 bits per heavy atom. The number of carbonyl (C=O) groups is 2. The zero-order chi connectivity index (χ0) is 22.3.